The fraction of sp³-hybridized carbons (Fsp3) is 0.189. The second-order valence-corrected chi connectivity index (χ2v) is 13.6. The molecule has 2 aliphatic heterocycles. The summed E-state index contributed by atoms with van der Waals surface area (Å²) < 4.78 is 19.8. The van der Waals surface area contributed by atoms with E-state index in [1.54, 1.807) is 41.7 Å². The lowest BCUT2D eigenvalue weighted by Crippen LogP contribution is -2.54. The number of fused-ring (bicyclic) bond motifs is 2. The number of nitrogens with one attached hydrogen (secondary N) is 2. The van der Waals surface area contributed by atoms with Crippen molar-refractivity contribution >= 4 is 66.7 Å². The maximum absolute atomic E-state index is 13.2. The number of amides is 4. The van der Waals surface area contributed by atoms with Gasteiger partial charge in [-0.2, -0.15) is 0 Å². The Balaban J connectivity index is 0.898. The molecule has 0 saturated carbocycles. The van der Waals surface area contributed by atoms with Gasteiger partial charge in [-0.25, -0.2) is 0 Å². The zero-order valence-electron chi connectivity index (χ0n) is 26.4. The Morgan fingerprint density at radius 2 is 1.68 bits per heavy atom. The molecule has 0 bridgehead atoms. The van der Waals surface area contributed by atoms with Crippen LogP contribution in [0.2, 0.25) is 0 Å². The number of aromatic hydroxyl groups is 1. The molecule has 254 valence electrons. The minimum atomic E-state index is -1.02. The van der Waals surface area contributed by atoms with Crippen LogP contribution in [0.25, 0.3) is 20.5 Å². The third-order valence-corrected chi connectivity index (χ3v) is 10.0. The van der Waals surface area contributed by atoms with Gasteiger partial charge < -0.3 is 24.6 Å². The lowest BCUT2D eigenvalue weighted by Gasteiger charge is -2.27. The molecule has 1 fully saturated rings. The highest BCUT2D eigenvalue weighted by Crippen LogP contribution is 2.47. The number of nitrogens with zero attached hydrogens (tertiary/aromatic N) is 1. The van der Waals surface area contributed by atoms with Crippen LogP contribution < -0.4 is 20.1 Å². The predicted octanol–water partition coefficient (Wildman–Crippen LogP) is 6.74. The van der Waals surface area contributed by atoms with Crippen LogP contribution in [0.4, 0.5) is 5.69 Å². The molecule has 1 saturated heterocycles. The predicted molar refractivity (Wildman–Crippen MR) is 191 cm³/mol. The number of benzene rings is 4. The largest absolute Gasteiger partial charge is 0.508 e. The zero-order valence-corrected chi connectivity index (χ0v) is 28.8. The van der Waals surface area contributed by atoms with Crippen molar-refractivity contribution < 1.29 is 38.5 Å². The lowest BCUT2D eigenvalue weighted by atomic mass is 10.0. The fourth-order valence-corrected chi connectivity index (χ4v) is 7.35. The number of piperidine rings is 1. The average Bonchev–Trinajstić information content (AvgIpc) is 3.58. The van der Waals surface area contributed by atoms with Gasteiger partial charge in [0.1, 0.15) is 29.9 Å². The number of carbonyl (C=O) groups is 4. The van der Waals surface area contributed by atoms with Crippen LogP contribution in [0.3, 0.4) is 0 Å². The molecule has 1 aromatic heterocycles. The van der Waals surface area contributed by atoms with Crippen molar-refractivity contribution in [3.63, 3.8) is 0 Å². The van der Waals surface area contributed by atoms with Crippen molar-refractivity contribution in [3.05, 3.63) is 101 Å². The number of ether oxygens (including phenoxy) is 3. The number of hydrogen-bond acceptors (Lipinski definition) is 10. The van der Waals surface area contributed by atoms with Gasteiger partial charge in [-0.3, -0.25) is 29.4 Å². The average molecular weight is 757 g/mol. The minimum absolute atomic E-state index is 0.0604. The summed E-state index contributed by atoms with van der Waals surface area (Å²) in [5.41, 5.74) is 1.89. The maximum Gasteiger partial charge on any atom is 0.264 e. The zero-order chi connectivity index (χ0) is 34.8. The van der Waals surface area contributed by atoms with Crippen LogP contribution in [0.15, 0.2) is 89.4 Å². The number of imide groups is 2. The van der Waals surface area contributed by atoms with E-state index in [4.69, 9.17) is 14.2 Å². The monoisotopic (exact) mass is 755 g/mol. The summed E-state index contributed by atoms with van der Waals surface area (Å²) in [6.07, 6.45) is 0.158. The molecule has 1 unspecified atom stereocenters. The van der Waals surface area contributed by atoms with E-state index < -0.39 is 29.7 Å². The standard InChI is InChI=1S/C37H30BrN3O8S/c38-22-6-4-21(5-7-22)34-33(26-13-8-23(42)20-30(26)50-34)49-25-11-9-24(10-12-25)48-19-18-47-17-16-39-28-3-1-2-27-32(28)37(46)41(36(27)45)29-14-15-31(43)40-35(29)44/h1-13,20,29,39,42H,14-19H2,(H,40,43,44). The lowest BCUT2D eigenvalue weighted by molar-refractivity contribution is -0.136. The van der Waals surface area contributed by atoms with E-state index >= 15 is 0 Å². The topological polar surface area (TPSA) is 144 Å². The van der Waals surface area contributed by atoms with Crippen LogP contribution in [0, 0.1) is 0 Å². The molecular formula is C37H30BrN3O8S. The summed E-state index contributed by atoms with van der Waals surface area (Å²) >= 11 is 5.04. The molecule has 0 spiro atoms. The van der Waals surface area contributed by atoms with Crippen molar-refractivity contribution in [1.82, 2.24) is 10.2 Å². The number of thiophene rings is 1. The van der Waals surface area contributed by atoms with E-state index in [0.29, 0.717) is 49.3 Å². The van der Waals surface area contributed by atoms with Gasteiger partial charge in [-0.05, 0) is 78.7 Å². The molecule has 2 aliphatic rings. The Labute approximate surface area is 298 Å². The highest BCUT2D eigenvalue weighted by atomic mass is 79.9. The third-order valence-electron chi connectivity index (χ3n) is 8.30. The smallest absolute Gasteiger partial charge is 0.264 e. The van der Waals surface area contributed by atoms with Crippen LogP contribution in [-0.4, -0.2) is 66.0 Å². The molecule has 11 nitrogen and oxygen atoms in total. The van der Waals surface area contributed by atoms with Gasteiger partial charge in [-0.1, -0.05) is 34.1 Å². The molecule has 13 heteroatoms. The van der Waals surface area contributed by atoms with Crippen molar-refractivity contribution in [1.29, 1.82) is 0 Å². The summed E-state index contributed by atoms with van der Waals surface area (Å²) in [5, 5.41) is 16.3. The first-order chi connectivity index (χ1) is 24.3. The Morgan fingerprint density at radius 1 is 0.900 bits per heavy atom. The number of rotatable bonds is 12. The Kier molecular flexibility index (Phi) is 9.52. The Hall–Kier alpha value is -5.24. The fourth-order valence-electron chi connectivity index (χ4n) is 5.92. The third kappa shape index (κ3) is 6.79. The second-order valence-electron chi connectivity index (χ2n) is 11.6. The molecule has 50 heavy (non-hydrogen) atoms. The maximum atomic E-state index is 13.2. The molecule has 0 radical (unpaired) electrons. The quantitative estimate of drug-likeness (QED) is 0.0932. The van der Waals surface area contributed by atoms with E-state index in [0.717, 1.165) is 29.9 Å². The Bertz CT molecular complexity index is 2120. The molecule has 4 amide bonds. The second kappa shape index (κ2) is 14.3. The molecule has 0 aliphatic carbocycles. The summed E-state index contributed by atoms with van der Waals surface area (Å²) in [4.78, 5) is 52.1. The normalized spacial score (nSPS) is 15.7. The number of phenolic OH excluding ortho intramolecular Hbond substituents is 1. The van der Waals surface area contributed by atoms with Gasteiger partial charge in [0.25, 0.3) is 11.8 Å². The van der Waals surface area contributed by atoms with Crippen LogP contribution >= 0.6 is 27.3 Å². The highest BCUT2D eigenvalue weighted by Gasteiger charge is 2.45. The minimum Gasteiger partial charge on any atom is -0.508 e. The van der Waals surface area contributed by atoms with E-state index in [1.165, 1.54) is 0 Å². The van der Waals surface area contributed by atoms with Gasteiger partial charge in [0, 0.05) is 33.2 Å². The van der Waals surface area contributed by atoms with E-state index in [-0.39, 0.29) is 29.7 Å². The van der Waals surface area contributed by atoms with Crippen molar-refractivity contribution in [2.45, 2.75) is 18.9 Å². The van der Waals surface area contributed by atoms with Gasteiger partial charge in [0.15, 0.2) is 5.75 Å². The van der Waals surface area contributed by atoms with Gasteiger partial charge in [0.05, 0.1) is 29.2 Å². The molecule has 3 N–H and O–H groups in total. The van der Waals surface area contributed by atoms with Crippen LogP contribution in [0.1, 0.15) is 33.6 Å². The first-order valence-electron chi connectivity index (χ1n) is 15.8. The summed E-state index contributed by atoms with van der Waals surface area (Å²) in [6.45, 7) is 1.30. The first-order valence-corrected chi connectivity index (χ1v) is 17.5. The van der Waals surface area contributed by atoms with Crippen molar-refractivity contribution in [3.8, 4) is 33.4 Å². The van der Waals surface area contributed by atoms with E-state index in [1.807, 2.05) is 54.6 Å². The van der Waals surface area contributed by atoms with Gasteiger partial charge in [-0.15, -0.1) is 11.3 Å². The van der Waals surface area contributed by atoms with Crippen LogP contribution in [-0.2, 0) is 14.3 Å². The summed E-state index contributed by atoms with van der Waals surface area (Å²) in [6, 6.07) is 24.5. The number of anilines is 1. The van der Waals surface area contributed by atoms with E-state index in [9.17, 15) is 24.3 Å². The van der Waals surface area contributed by atoms with Crippen molar-refractivity contribution in [2.24, 2.45) is 0 Å². The van der Waals surface area contributed by atoms with Gasteiger partial charge >= 0.3 is 0 Å². The number of halogens is 1. The molecule has 7 rings (SSSR count). The number of carbonyl (C=O) groups excluding carboxylic acids is 4. The molecular weight excluding hydrogens is 726 g/mol. The highest BCUT2D eigenvalue weighted by molar-refractivity contribution is 9.10. The Morgan fingerprint density at radius 3 is 2.46 bits per heavy atom. The summed E-state index contributed by atoms with van der Waals surface area (Å²) in [7, 11) is 0. The molecule has 3 heterocycles. The first kappa shape index (κ1) is 33.3. The summed E-state index contributed by atoms with van der Waals surface area (Å²) in [5.74, 6) is 0.0110. The number of hydrogen-bond donors (Lipinski definition) is 3. The van der Waals surface area contributed by atoms with Crippen LogP contribution in [0.5, 0.6) is 23.0 Å². The van der Waals surface area contributed by atoms with Crippen molar-refractivity contribution in [2.75, 3.05) is 31.7 Å². The SMILES string of the molecule is O=C1CCC(N2C(=O)c3cccc(NCCOCCOc4ccc(Oc5c(-c6ccc(Br)cc6)sc6cc(O)ccc56)cc4)c3C2=O)C(=O)N1. The molecule has 1 atom stereocenters. The van der Waals surface area contributed by atoms with E-state index in [2.05, 4.69) is 26.6 Å². The van der Waals surface area contributed by atoms with Gasteiger partial charge in [0.2, 0.25) is 11.8 Å². The molecule has 4 aromatic carbocycles. The number of phenols is 1. The molecule has 5 aromatic rings.